The third-order valence-electron chi connectivity index (χ3n) is 4.36. The van der Waals surface area contributed by atoms with E-state index in [0.29, 0.717) is 17.1 Å². The Morgan fingerprint density at radius 2 is 1.90 bits per heavy atom. The van der Waals surface area contributed by atoms with Crippen LogP contribution in [0.25, 0.3) is 22.6 Å². The number of nitrogens with one attached hydrogen (secondary N) is 1. The van der Waals surface area contributed by atoms with E-state index in [1.807, 2.05) is 11.5 Å². The molecular formula is C22H24FN5O2. The highest BCUT2D eigenvalue weighted by molar-refractivity contribution is 6.35. The monoisotopic (exact) mass is 409 g/mol. The van der Waals surface area contributed by atoms with Gasteiger partial charge in [0.15, 0.2) is 0 Å². The molecule has 0 aliphatic rings. The first-order valence-corrected chi connectivity index (χ1v) is 9.55. The van der Waals surface area contributed by atoms with Crippen LogP contribution in [0.15, 0.2) is 49.2 Å². The van der Waals surface area contributed by atoms with E-state index in [0.717, 1.165) is 5.56 Å². The quantitative estimate of drug-likeness (QED) is 0.479. The van der Waals surface area contributed by atoms with E-state index in [1.54, 1.807) is 51.5 Å². The van der Waals surface area contributed by atoms with Gasteiger partial charge in [0.25, 0.3) is 0 Å². The number of carbonyl (C=O) groups excluding carboxylic acids is 1. The van der Waals surface area contributed by atoms with Gasteiger partial charge in [0.2, 0.25) is 0 Å². The van der Waals surface area contributed by atoms with E-state index in [9.17, 15) is 9.18 Å². The Morgan fingerprint density at radius 3 is 2.50 bits per heavy atom. The molecule has 0 fully saturated rings. The van der Waals surface area contributed by atoms with Crippen LogP contribution in [0.3, 0.4) is 0 Å². The predicted molar refractivity (Wildman–Crippen MR) is 112 cm³/mol. The van der Waals surface area contributed by atoms with Crippen LogP contribution in [0, 0.1) is 11.2 Å². The molecule has 0 radical (unpaired) electrons. The summed E-state index contributed by atoms with van der Waals surface area (Å²) in [5.74, 6) is -0.974. The number of esters is 1. The molecule has 3 rings (SSSR count). The van der Waals surface area contributed by atoms with Crippen LogP contribution in [0.5, 0.6) is 0 Å². The standard InChI is InChI=1S/C22H24FN5O2/c1-14(11-17(24)21(29)30-22(2,3)4)28-13-27-19(15-5-7-16(23)8-6-15)20(28)18-9-10-25-12-26-18/h5-10,12-14,24H,11H2,1-4H3. The molecule has 1 N–H and O–H groups in total. The molecule has 1 aromatic carbocycles. The molecule has 1 unspecified atom stereocenters. The number of halogens is 1. The molecule has 1 atom stereocenters. The SMILES string of the molecule is CC(CC(=N)C(=O)OC(C)(C)C)n1cnc(-c2ccc(F)cc2)c1-c1ccncn1. The first kappa shape index (κ1) is 21.3. The summed E-state index contributed by atoms with van der Waals surface area (Å²) < 4.78 is 20.5. The van der Waals surface area contributed by atoms with E-state index >= 15 is 0 Å². The predicted octanol–water partition coefficient (Wildman–Crippen LogP) is 4.46. The maximum atomic E-state index is 13.4. The Morgan fingerprint density at radius 1 is 1.20 bits per heavy atom. The lowest BCUT2D eigenvalue weighted by molar-refractivity contribution is -0.146. The van der Waals surface area contributed by atoms with Crippen molar-refractivity contribution in [3.05, 3.63) is 55.0 Å². The summed E-state index contributed by atoms with van der Waals surface area (Å²) in [6.45, 7) is 7.18. The van der Waals surface area contributed by atoms with Crippen molar-refractivity contribution in [3.8, 4) is 22.6 Å². The highest BCUT2D eigenvalue weighted by Gasteiger charge is 2.24. The number of benzene rings is 1. The molecule has 3 aromatic rings. The van der Waals surface area contributed by atoms with E-state index < -0.39 is 11.6 Å². The third-order valence-corrected chi connectivity index (χ3v) is 4.36. The number of imidazole rings is 1. The number of carbonyl (C=O) groups is 1. The molecule has 0 aliphatic heterocycles. The topological polar surface area (TPSA) is 93.8 Å². The Labute approximate surface area is 174 Å². The van der Waals surface area contributed by atoms with Gasteiger partial charge >= 0.3 is 5.97 Å². The van der Waals surface area contributed by atoms with Gasteiger partial charge in [-0.3, -0.25) is 5.41 Å². The van der Waals surface area contributed by atoms with Crippen molar-refractivity contribution in [2.75, 3.05) is 0 Å². The highest BCUT2D eigenvalue weighted by atomic mass is 19.1. The van der Waals surface area contributed by atoms with E-state index in [-0.39, 0.29) is 24.0 Å². The maximum Gasteiger partial charge on any atom is 0.352 e. The molecule has 2 heterocycles. The average Bonchev–Trinajstić information content (AvgIpc) is 3.13. The third kappa shape index (κ3) is 4.94. The first-order chi connectivity index (χ1) is 14.2. The second-order valence-corrected chi connectivity index (χ2v) is 7.98. The largest absolute Gasteiger partial charge is 0.456 e. The molecule has 0 saturated carbocycles. The van der Waals surface area contributed by atoms with Crippen molar-refractivity contribution in [2.45, 2.75) is 45.8 Å². The summed E-state index contributed by atoms with van der Waals surface area (Å²) in [7, 11) is 0. The lowest BCUT2D eigenvalue weighted by Crippen LogP contribution is -2.29. The maximum absolute atomic E-state index is 13.4. The van der Waals surface area contributed by atoms with Crippen molar-refractivity contribution in [2.24, 2.45) is 0 Å². The van der Waals surface area contributed by atoms with Gasteiger partial charge in [-0.2, -0.15) is 0 Å². The van der Waals surface area contributed by atoms with Crippen molar-refractivity contribution in [1.29, 1.82) is 5.41 Å². The summed E-state index contributed by atoms with van der Waals surface area (Å²) in [5.41, 5.74) is 1.92. The van der Waals surface area contributed by atoms with Gasteiger partial charge in [-0.05, 0) is 58.0 Å². The summed E-state index contributed by atoms with van der Waals surface area (Å²) in [5, 5.41) is 8.15. The van der Waals surface area contributed by atoms with Crippen molar-refractivity contribution in [1.82, 2.24) is 19.5 Å². The number of nitrogens with zero attached hydrogens (tertiary/aromatic N) is 4. The first-order valence-electron chi connectivity index (χ1n) is 9.55. The van der Waals surface area contributed by atoms with Crippen LogP contribution in [0.2, 0.25) is 0 Å². The Bertz CT molecular complexity index is 1040. The van der Waals surface area contributed by atoms with Crippen LogP contribution in [-0.2, 0) is 9.53 Å². The van der Waals surface area contributed by atoms with Gasteiger partial charge in [0, 0.05) is 24.2 Å². The van der Waals surface area contributed by atoms with Crippen LogP contribution >= 0.6 is 0 Å². The second kappa shape index (κ2) is 8.52. The number of rotatable bonds is 6. The fourth-order valence-corrected chi connectivity index (χ4v) is 3.02. The molecule has 2 aromatic heterocycles. The Balaban J connectivity index is 1.95. The lowest BCUT2D eigenvalue weighted by Gasteiger charge is -2.21. The minimum Gasteiger partial charge on any atom is -0.456 e. The zero-order valence-electron chi connectivity index (χ0n) is 17.4. The molecule has 30 heavy (non-hydrogen) atoms. The molecule has 0 saturated heterocycles. The molecule has 0 bridgehead atoms. The molecule has 156 valence electrons. The van der Waals surface area contributed by atoms with Gasteiger partial charge in [0.1, 0.15) is 23.5 Å². The average molecular weight is 409 g/mol. The van der Waals surface area contributed by atoms with Gasteiger partial charge in [-0.15, -0.1) is 0 Å². The number of hydrogen-bond donors (Lipinski definition) is 1. The fourth-order valence-electron chi connectivity index (χ4n) is 3.02. The Kier molecular flexibility index (Phi) is 6.05. The number of hydrogen-bond acceptors (Lipinski definition) is 6. The van der Waals surface area contributed by atoms with Crippen molar-refractivity contribution >= 4 is 11.7 Å². The molecule has 7 nitrogen and oxygen atoms in total. The summed E-state index contributed by atoms with van der Waals surface area (Å²) in [4.78, 5) is 25.0. The normalized spacial score (nSPS) is 12.4. The molecule has 8 heteroatoms. The summed E-state index contributed by atoms with van der Waals surface area (Å²) in [6.07, 6.45) is 4.87. The summed E-state index contributed by atoms with van der Waals surface area (Å²) >= 11 is 0. The number of ether oxygens (including phenoxy) is 1. The molecule has 0 amide bonds. The smallest absolute Gasteiger partial charge is 0.352 e. The van der Waals surface area contributed by atoms with Gasteiger partial charge in [-0.25, -0.2) is 24.1 Å². The highest BCUT2D eigenvalue weighted by Crippen LogP contribution is 2.33. The molecule has 0 aliphatic carbocycles. The summed E-state index contributed by atoms with van der Waals surface area (Å²) in [6, 6.07) is 7.54. The van der Waals surface area contributed by atoms with Crippen LogP contribution in [-0.4, -0.2) is 36.8 Å². The minimum atomic E-state index is -0.663. The van der Waals surface area contributed by atoms with E-state index in [2.05, 4.69) is 15.0 Å². The van der Waals surface area contributed by atoms with Crippen molar-refractivity contribution < 1.29 is 13.9 Å². The Hall–Kier alpha value is -3.42. The number of aromatic nitrogens is 4. The fraction of sp³-hybridized carbons (Fsp3) is 0.318. The molecule has 0 spiro atoms. The second-order valence-electron chi connectivity index (χ2n) is 7.98. The van der Waals surface area contributed by atoms with Gasteiger partial charge < -0.3 is 9.30 Å². The molecular weight excluding hydrogens is 385 g/mol. The van der Waals surface area contributed by atoms with Crippen LogP contribution in [0.1, 0.15) is 40.2 Å². The zero-order valence-corrected chi connectivity index (χ0v) is 17.4. The zero-order chi connectivity index (χ0) is 21.9. The van der Waals surface area contributed by atoms with Crippen LogP contribution < -0.4 is 0 Å². The van der Waals surface area contributed by atoms with Crippen molar-refractivity contribution in [3.63, 3.8) is 0 Å². The van der Waals surface area contributed by atoms with E-state index in [4.69, 9.17) is 10.1 Å². The van der Waals surface area contributed by atoms with Gasteiger partial charge in [-0.1, -0.05) is 0 Å². The van der Waals surface area contributed by atoms with Crippen LogP contribution in [0.4, 0.5) is 4.39 Å². The van der Waals surface area contributed by atoms with Gasteiger partial charge in [0.05, 0.1) is 23.4 Å². The van der Waals surface area contributed by atoms with E-state index in [1.165, 1.54) is 18.5 Å². The minimum absolute atomic E-state index is 0.122. The lowest BCUT2D eigenvalue weighted by atomic mass is 10.1.